The monoisotopic (exact) mass is 293 g/mol. The Morgan fingerprint density at radius 2 is 2.05 bits per heavy atom. The summed E-state index contributed by atoms with van der Waals surface area (Å²) in [6, 6.07) is 9.58. The molecular weight excluding hydrogens is 266 g/mol. The van der Waals surface area contributed by atoms with E-state index in [-0.39, 0.29) is 0 Å². The van der Waals surface area contributed by atoms with Gasteiger partial charge < -0.3 is 4.74 Å². The molecule has 112 valence electrons. The van der Waals surface area contributed by atoms with Crippen LogP contribution in [0.15, 0.2) is 29.2 Å². The van der Waals surface area contributed by atoms with Crippen LogP contribution in [0, 0.1) is 0 Å². The number of fused-ring (bicyclic) bond motifs is 1. The molecule has 2 nitrogen and oxygen atoms in total. The fourth-order valence-electron chi connectivity index (χ4n) is 3.10. The van der Waals surface area contributed by atoms with E-state index in [1.165, 1.54) is 30.0 Å². The average molecular weight is 293 g/mol. The van der Waals surface area contributed by atoms with Crippen molar-refractivity contribution in [3.63, 3.8) is 0 Å². The van der Waals surface area contributed by atoms with Crippen molar-refractivity contribution in [3.05, 3.63) is 29.8 Å². The van der Waals surface area contributed by atoms with Crippen molar-refractivity contribution in [2.24, 2.45) is 0 Å². The molecule has 1 aliphatic rings. The van der Waals surface area contributed by atoms with Gasteiger partial charge in [-0.3, -0.25) is 4.90 Å². The predicted octanol–water partition coefficient (Wildman–Crippen LogP) is 4.01. The molecular formula is C17H27NOS. The Balaban J connectivity index is 2.04. The first-order chi connectivity index (χ1) is 9.80. The van der Waals surface area contributed by atoms with Crippen LogP contribution in [0.5, 0.6) is 0 Å². The van der Waals surface area contributed by atoms with Crippen LogP contribution in [0.3, 0.4) is 0 Å². The van der Waals surface area contributed by atoms with Gasteiger partial charge in [-0.25, -0.2) is 0 Å². The van der Waals surface area contributed by atoms with Gasteiger partial charge in [-0.15, -0.1) is 11.8 Å². The summed E-state index contributed by atoms with van der Waals surface area (Å²) in [5.74, 6) is 1.90. The maximum atomic E-state index is 5.30. The molecule has 0 aliphatic carbocycles. The molecule has 20 heavy (non-hydrogen) atoms. The summed E-state index contributed by atoms with van der Waals surface area (Å²) < 4.78 is 5.30. The molecule has 0 amide bonds. The van der Waals surface area contributed by atoms with E-state index < -0.39 is 0 Å². The van der Waals surface area contributed by atoms with E-state index in [2.05, 4.69) is 43.0 Å². The molecule has 0 spiro atoms. The van der Waals surface area contributed by atoms with Gasteiger partial charge >= 0.3 is 0 Å². The van der Waals surface area contributed by atoms with Crippen LogP contribution in [0.2, 0.25) is 0 Å². The topological polar surface area (TPSA) is 12.5 Å². The third-order valence-electron chi connectivity index (χ3n) is 4.30. The van der Waals surface area contributed by atoms with Crippen LogP contribution < -0.4 is 0 Å². The third kappa shape index (κ3) is 3.78. The summed E-state index contributed by atoms with van der Waals surface area (Å²) in [7, 11) is 1.80. The van der Waals surface area contributed by atoms with Crippen LogP contribution in [-0.4, -0.2) is 43.5 Å². The summed E-state index contributed by atoms with van der Waals surface area (Å²) in [6.45, 7) is 7.64. The number of ether oxygens (including phenoxy) is 1. The van der Waals surface area contributed by atoms with Crippen molar-refractivity contribution >= 4 is 11.8 Å². The zero-order valence-electron chi connectivity index (χ0n) is 13.0. The van der Waals surface area contributed by atoms with Gasteiger partial charge in [0.1, 0.15) is 0 Å². The molecule has 0 saturated carbocycles. The van der Waals surface area contributed by atoms with Crippen molar-refractivity contribution in [3.8, 4) is 0 Å². The molecule has 0 saturated heterocycles. The van der Waals surface area contributed by atoms with Gasteiger partial charge in [0.25, 0.3) is 0 Å². The SMILES string of the molecule is CCC(CC)N(CCOC)CC1CSc2ccccc21. The fraction of sp³-hybridized carbons (Fsp3) is 0.647. The van der Waals surface area contributed by atoms with Crippen LogP contribution in [0.1, 0.15) is 38.2 Å². The number of rotatable bonds is 8. The maximum Gasteiger partial charge on any atom is 0.0589 e. The van der Waals surface area contributed by atoms with Crippen molar-refractivity contribution in [1.82, 2.24) is 4.90 Å². The van der Waals surface area contributed by atoms with Crippen LogP contribution in [0.25, 0.3) is 0 Å². The van der Waals surface area contributed by atoms with Gasteiger partial charge in [-0.1, -0.05) is 32.0 Å². The minimum absolute atomic E-state index is 0.675. The molecule has 2 rings (SSSR count). The second kappa shape index (κ2) is 8.06. The number of benzene rings is 1. The number of hydrogen-bond acceptors (Lipinski definition) is 3. The molecule has 1 aromatic carbocycles. The molecule has 1 unspecified atom stereocenters. The molecule has 1 aliphatic heterocycles. The lowest BCUT2D eigenvalue weighted by Gasteiger charge is -2.32. The molecule has 0 aromatic heterocycles. The zero-order chi connectivity index (χ0) is 14.4. The Bertz CT molecular complexity index is 406. The van der Waals surface area contributed by atoms with E-state index in [0.717, 1.165) is 13.2 Å². The normalized spacial score (nSPS) is 17.9. The second-order valence-corrected chi connectivity index (χ2v) is 6.57. The third-order valence-corrected chi connectivity index (χ3v) is 5.55. The fourth-order valence-corrected chi connectivity index (χ4v) is 4.34. The maximum absolute atomic E-state index is 5.30. The van der Waals surface area contributed by atoms with Gasteiger partial charge in [0.05, 0.1) is 6.61 Å². The molecule has 0 N–H and O–H groups in total. The molecule has 3 heteroatoms. The van der Waals surface area contributed by atoms with E-state index >= 15 is 0 Å². The molecule has 1 heterocycles. The first kappa shape index (κ1) is 15.9. The standard InChI is InChI=1S/C17H27NOS/c1-4-15(5-2)18(10-11-19-3)12-14-13-20-17-9-7-6-8-16(14)17/h6-9,14-15H,4-5,10-13H2,1-3H3. The number of hydrogen-bond donors (Lipinski definition) is 0. The van der Waals surface area contributed by atoms with Gasteiger partial charge in [0.2, 0.25) is 0 Å². The highest BCUT2D eigenvalue weighted by molar-refractivity contribution is 7.99. The first-order valence-corrected chi connectivity index (χ1v) is 8.73. The minimum Gasteiger partial charge on any atom is -0.383 e. The predicted molar refractivity (Wildman–Crippen MR) is 87.7 cm³/mol. The van der Waals surface area contributed by atoms with Gasteiger partial charge in [0.15, 0.2) is 0 Å². The Morgan fingerprint density at radius 3 is 2.75 bits per heavy atom. The highest BCUT2D eigenvalue weighted by Crippen LogP contribution is 2.39. The number of methoxy groups -OCH3 is 1. The molecule has 0 bridgehead atoms. The van der Waals surface area contributed by atoms with Gasteiger partial charge in [0, 0.05) is 42.8 Å². The molecule has 1 atom stereocenters. The average Bonchev–Trinajstić information content (AvgIpc) is 2.89. The summed E-state index contributed by atoms with van der Waals surface area (Å²) in [5, 5.41) is 0. The van der Waals surface area contributed by atoms with Crippen LogP contribution in [0.4, 0.5) is 0 Å². The molecule has 0 radical (unpaired) electrons. The second-order valence-electron chi connectivity index (χ2n) is 5.50. The van der Waals surface area contributed by atoms with Gasteiger partial charge in [-0.05, 0) is 24.5 Å². The number of thioether (sulfide) groups is 1. The summed E-state index contributed by atoms with van der Waals surface area (Å²) >= 11 is 2.01. The van der Waals surface area contributed by atoms with E-state index in [1.807, 2.05) is 11.8 Å². The van der Waals surface area contributed by atoms with Crippen molar-refractivity contribution in [2.45, 2.75) is 43.5 Å². The Kier molecular flexibility index (Phi) is 6.40. The quantitative estimate of drug-likeness (QED) is 0.718. The largest absolute Gasteiger partial charge is 0.383 e. The lowest BCUT2D eigenvalue weighted by atomic mass is 9.99. The molecule has 0 fully saturated rings. The minimum atomic E-state index is 0.675. The lowest BCUT2D eigenvalue weighted by molar-refractivity contribution is 0.111. The summed E-state index contributed by atoms with van der Waals surface area (Å²) in [5.41, 5.74) is 1.55. The van der Waals surface area contributed by atoms with Crippen LogP contribution in [-0.2, 0) is 4.74 Å². The summed E-state index contributed by atoms with van der Waals surface area (Å²) in [6.07, 6.45) is 2.45. The van der Waals surface area contributed by atoms with E-state index in [0.29, 0.717) is 12.0 Å². The highest BCUT2D eigenvalue weighted by Gasteiger charge is 2.26. The number of nitrogens with zero attached hydrogens (tertiary/aromatic N) is 1. The van der Waals surface area contributed by atoms with E-state index in [1.54, 1.807) is 12.7 Å². The Labute approximate surface area is 127 Å². The smallest absolute Gasteiger partial charge is 0.0589 e. The molecule has 1 aromatic rings. The first-order valence-electron chi connectivity index (χ1n) is 7.74. The highest BCUT2D eigenvalue weighted by atomic mass is 32.2. The lowest BCUT2D eigenvalue weighted by Crippen LogP contribution is -2.39. The van der Waals surface area contributed by atoms with Gasteiger partial charge in [-0.2, -0.15) is 0 Å². The Morgan fingerprint density at radius 1 is 1.30 bits per heavy atom. The Hall–Kier alpha value is -0.510. The van der Waals surface area contributed by atoms with Crippen molar-refractivity contribution in [1.29, 1.82) is 0 Å². The van der Waals surface area contributed by atoms with Crippen molar-refractivity contribution in [2.75, 3.05) is 32.6 Å². The van der Waals surface area contributed by atoms with E-state index in [4.69, 9.17) is 4.74 Å². The zero-order valence-corrected chi connectivity index (χ0v) is 13.8. The summed E-state index contributed by atoms with van der Waals surface area (Å²) in [4.78, 5) is 4.12. The van der Waals surface area contributed by atoms with Crippen LogP contribution >= 0.6 is 11.8 Å². The van der Waals surface area contributed by atoms with E-state index in [9.17, 15) is 0 Å². The van der Waals surface area contributed by atoms with Crippen molar-refractivity contribution < 1.29 is 4.74 Å².